The second-order valence-corrected chi connectivity index (χ2v) is 8.28. The largest absolute Gasteiger partial charge is 0.497 e. The average Bonchev–Trinajstić information content (AvgIpc) is 3.47. The summed E-state index contributed by atoms with van der Waals surface area (Å²) in [5.41, 5.74) is 2.33. The number of amides is 1. The molecular weight excluding hydrogens is 424 g/mol. The number of fused-ring (bicyclic) bond motifs is 1. The summed E-state index contributed by atoms with van der Waals surface area (Å²) in [6.07, 6.45) is 0.443. The number of aromatic nitrogens is 1. The monoisotopic (exact) mass is 452 g/mol. The Morgan fingerprint density at radius 2 is 1.85 bits per heavy atom. The molecule has 2 heterocycles. The van der Waals surface area contributed by atoms with Gasteiger partial charge < -0.3 is 28.4 Å². The van der Waals surface area contributed by atoms with Crippen LogP contribution in [0.4, 0.5) is 0 Å². The van der Waals surface area contributed by atoms with Gasteiger partial charge in [0.05, 0.1) is 26.3 Å². The lowest BCUT2D eigenvalue weighted by molar-refractivity contribution is -0.133. The standard InChI is InChI=1S/C25H28N2O6/c1-16(2)9-25(28)27(13-17-5-7-22-24(10-17)32-15-31-22)14-18-11-23(33-26-18)20-12-19(29-3)6-8-21(20)30-4/h5-8,10-12,16H,9,13-15H2,1-4H3. The van der Waals surface area contributed by atoms with Crippen LogP contribution in [0.1, 0.15) is 31.5 Å². The molecule has 1 aliphatic heterocycles. The van der Waals surface area contributed by atoms with E-state index in [1.165, 1.54) is 0 Å². The molecule has 0 saturated carbocycles. The van der Waals surface area contributed by atoms with Crippen LogP contribution in [0.2, 0.25) is 0 Å². The van der Waals surface area contributed by atoms with Crippen molar-refractivity contribution in [2.75, 3.05) is 21.0 Å². The van der Waals surface area contributed by atoms with Crippen molar-refractivity contribution in [2.45, 2.75) is 33.4 Å². The highest BCUT2D eigenvalue weighted by Gasteiger charge is 2.21. The van der Waals surface area contributed by atoms with E-state index in [1.807, 2.05) is 56.3 Å². The summed E-state index contributed by atoms with van der Waals surface area (Å²) in [6, 6.07) is 13.0. The van der Waals surface area contributed by atoms with Crippen LogP contribution in [0.3, 0.4) is 0 Å². The first-order chi connectivity index (χ1) is 16.0. The molecule has 2 aromatic carbocycles. The van der Waals surface area contributed by atoms with Crippen LogP contribution >= 0.6 is 0 Å². The maximum absolute atomic E-state index is 13.0. The molecule has 0 spiro atoms. The van der Waals surface area contributed by atoms with E-state index in [1.54, 1.807) is 19.1 Å². The number of hydrogen-bond donors (Lipinski definition) is 0. The Kier molecular flexibility index (Phi) is 6.72. The Labute approximate surface area is 193 Å². The van der Waals surface area contributed by atoms with E-state index < -0.39 is 0 Å². The summed E-state index contributed by atoms with van der Waals surface area (Å²) in [5.74, 6) is 3.56. The minimum atomic E-state index is 0.0474. The molecule has 1 aromatic heterocycles. The molecule has 0 aliphatic carbocycles. The number of benzene rings is 2. The van der Waals surface area contributed by atoms with E-state index in [0.29, 0.717) is 54.0 Å². The van der Waals surface area contributed by atoms with E-state index in [0.717, 1.165) is 11.1 Å². The third-order valence-corrected chi connectivity index (χ3v) is 5.33. The molecule has 0 N–H and O–H groups in total. The minimum Gasteiger partial charge on any atom is -0.497 e. The lowest BCUT2D eigenvalue weighted by Gasteiger charge is -2.23. The second kappa shape index (κ2) is 9.85. The Bertz CT molecular complexity index is 1120. The Balaban J connectivity index is 1.57. The number of methoxy groups -OCH3 is 2. The van der Waals surface area contributed by atoms with Crippen molar-refractivity contribution in [1.82, 2.24) is 10.1 Å². The molecule has 33 heavy (non-hydrogen) atoms. The first-order valence-corrected chi connectivity index (χ1v) is 10.8. The quantitative estimate of drug-likeness (QED) is 0.467. The van der Waals surface area contributed by atoms with Crippen molar-refractivity contribution >= 4 is 5.91 Å². The summed E-state index contributed by atoms with van der Waals surface area (Å²) in [6.45, 7) is 5.01. The van der Waals surface area contributed by atoms with Gasteiger partial charge in [0.2, 0.25) is 12.7 Å². The topological polar surface area (TPSA) is 83.3 Å². The third kappa shape index (κ3) is 5.22. The normalized spacial score (nSPS) is 12.2. The molecule has 0 saturated heterocycles. The van der Waals surface area contributed by atoms with Crippen LogP contribution in [0.15, 0.2) is 47.0 Å². The van der Waals surface area contributed by atoms with Gasteiger partial charge in [0, 0.05) is 19.0 Å². The van der Waals surface area contributed by atoms with Crippen LogP contribution in [0.25, 0.3) is 11.3 Å². The number of carbonyl (C=O) groups excluding carboxylic acids is 1. The van der Waals surface area contributed by atoms with Gasteiger partial charge in [0.1, 0.15) is 17.2 Å². The van der Waals surface area contributed by atoms with Crippen molar-refractivity contribution in [3.8, 4) is 34.3 Å². The van der Waals surface area contributed by atoms with Crippen molar-refractivity contribution in [1.29, 1.82) is 0 Å². The third-order valence-electron chi connectivity index (χ3n) is 5.33. The van der Waals surface area contributed by atoms with E-state index in [-0.39, 0.29) is 18.6 Å². The molecular formula is C25H28N2O6. The summed E-state index contributed by atoms with van der Waals surface area (Å²) < 4.78 is 27.3. The summed E-state index contributed by atoms with van der Waals surface area (Å²) in [5, 5.41) is 4.21. The lowest BCUT2D eigenvalue weighted by atomic mass is 10.1. The first-order valence-electron chi connectivity index (χ1n) is 10.8. The van der Waals surface area contributed by atoms with Crippen molar-refractivity contribution in [3.05, 3.63) is 53.7 Å². The molecule has 0 unspecified atom stereocenters. The fraction of sp³-hybridized carbons (Fsp3) is 0.360. The maximum Gasteiger partial charge on any atom is 0.231 e. The van der Waals surface area contributed by atoms with Crippen LogP contribution in [0, 0.1) is 5.92 Å². The van der Waals surface area contributed by atoms with Crippen LogP contribution in [0.5, 0.6) is 23.0 Å². The molecule has 1 amide bonds. The van der Waals surface area contributed by atoms with Gasteiger partial charge in [0.15, 0.2) is 17.3 Å². The summed E-state index contributed by atoms with van der Waals surface area (Å²) in [7, 11) is 3.20. The lowest BCUT2D eigenvalue weighted by Crippen LogP contribution is -2.31. The van der Waals surface area contributed by atoms with Crippen molar-refractivity contribution in [2.24, 2.45) is 5.92 Å². The van der Waals surface area contributed by atoms with Gasteiger partial charge in [-0.05, 0) is 41.8 Å². The average molecular weight is 453 g/mol. The molecule has 8 heteroatoms. The van der Waals surface area contributed by atoms with Gasteiger partial charge in [-0.15, -0.1) is 0 Å². The molecule has 0 fully saturated rings. The predicted molar refractivity (Wildman–Crippen MR) is 121 cm³/mol. The summed E-state index contributed by atoms with van der Waals surface area (Å²) in [4.78, 5) is 14.8. The summed E-state index contributed by atoms with van der Waals surface area (Å²) >= 11 is 0. The molecule has 174 valence electrons. The number of carbonyl (C=O) groups is 1. The molecule has 1 aliphatic rings. The highest BCUT2D eigenvalue weighted by atomic mass is 16.7. The number of nitrogens with zero attached hydrogens (tertiary/aromatic N) is 2. The van der Waals surface area contributed by atoms with Gasteiger partial charge in [-0.25, -0.2) is 0 Å². The smallest absolute Gasteiger partial charge is 0.231 e. The van der Waals surface area contributed by atoms with Crippen molar-refractivity contribution in [3.63, 3.8) is 0 Å². The van der Waals surface area contributed by atoms with E-state index in [4.69, 9.17) is 23.5 Å². The number of ether oxygens (including phenoxy) is 4. The highest BCUT2D eigenvalue weighted by Crippen LogP contribution is 2.35. The minimum absolute atomic E-state index is 0.0474. The number of rotatable bonds is 9. The van der Waals surface area contributed by atoms with Crippen LogP contribution in [-0.2, 0) is 17.9 Å². The zero-order valence-electron chi connectivity index (χ0n) is 19.3. The second-order valence-electron chi connectivity index (χ2n) is 8.28. The van der Waals surface area contributed by atoms with Gasteiger partial charge >= 0.3 is 0 Å². The van der Waals surface area contributed by atoms with Gasteiger partial charge in [0.25, 0.3) is 0 Å². The fourth-order valence-electron chi connectivity index (χ4n) is 3.69. The molecule has 0 atom stereocenters. The van der Waals surface area contributed by atoms with Gasteiger partial charge in [-0.3, -0.25) is 4.79 Å². The zero-order valence-corrected chi connectivity index (χ0v) is 19.3. The van der Waals surface area contributed by atoms with E-state index in [2.05, 4.69) is 5.16 Å². The van der Waals surface area contributed by atoms with E-state index in [9.17, 15) is 4.79 Å². The van der Waals surface area contributed by atoms with E-state index >= 15 is 0 Å². The Morgan fingerprint density at radius 3 is 2.61 bits per heavy atom. The van der Waals surface area contributed by atoms with Crippen LogP contribution in [-0.4, -0.2) is 37.0 Å². The zero-order chi connectivity index (χ0) is 23.4. The van der Waals surface area contributed by atoms with Gasteiger partial charge in [-0.2, -0.15) is 0 Å². The molecule has 0 bridgehead atoms. The highest BCUT2D eigenvalue weighted by molar-refractivity contribution is 5.76. The van der Waals surface area contributed by atoms with Crippen LogP contribution < -0.4 is 18.9 Å². The molecule has 0 radical (unpaired) electrons. The SMILES string of the molecule is COc1ccc(OC)c(-c2cc(CN(Cc3ccc4c(c3)OCO4)C(=O)CC(C)C)no2)c1. The van der Waals surface area contributed by atoms with Gasteiger partial charge in [-0.1, -0.05) is 25.1 Å². The molecule has 8 nitrogen and oxygen atoms in total. The van der Waals surface area contributed by atoms with Crippen molar-refractivity contribution < 1.29 is 28.3 Å². The number of hydrogen-bond acceptors (Lipinski definition) is 7. The maximum atomic E-state index is 13.0. The predicted octanol–water partition coefficient (Wildman–Crippen LogP) is 4.66. The molecule has 4 rings (SSSR count). The Hall–Kier alpha value is -3.68. The Morgan fingerprint density at radius 1 is 1.03 bits per heavy atom. The first kappa shape index (κ1) is 22.5. The molecule has 3 aromatic rings. The fourth-order valence-corrected chi connectivity index (χ4v) is 3.69.